The Morgan fingerprint density at radius 1 is 1.32 bits per heavy atom. The molecular formula is C18H25ClN4O2. The van der Waals surface area contributed by atoms with Crippen LogP contribution >= 0.6 is 12.4 Å². The summed E-state index contributed by atoms with van der Waals surface area (Å²) in [7, 11) is 0. The summed E-state index contributed by atoms with van der Waals surface area (Å²) in [5, 5.41) is 8.92. The normalized spacial score (nSPS) is 17.6. The first kappa shape index (κ1) is 19.4. The molecule has 136 valence electrons. The second-order valence-electron chi connectivity index (χ2n) is 6.83. The molecule has 2 aromatic rings. The molecule has 1 atom stereocenters. The quantitative estimate of drug-likeness (QED) is 0.903. The van der Waals surface area contributed by atoms with Crippen LogP contribution in [-0.2, 0) is 6.54 Å². The Morgan fingerprint density at radius 3 is 2.64 bits per heavy atom. The summed E-state index contributed by atoms with van der Waals surface area (Å²) in [5.41, 5.74) is 0.240. The van der Waals surface area contributed by atoms with Gasteiger partial charge in [0.2, 0.25) is 0 Å². The number of rotatable bonds is 3. The highest BCUT2D eigenvalue weighted by molar-refractivity contribution is 6.04. The fourth-order valence-electron chi connectivity index (χ4n) is 3.14. The zero-order chi connectivity index (χ0) is 17.3. The Morgan fingerprint density at radius 2 is 2.00 bits per heavy atom. The summed E-state index contributed by atoms with van der Waals surface area (Å²) in [6.45, 7) is 8.79. The molecule has 1 aliphatic heterocycles. The Hall–Kier alpha value is -1.92. The molecule has 0 unspecified atom stereocenters. The number of nitrogens with zero attached hydrogens (tertiary/aromatic N) is 3. The maximum Gasteiger partial charge on any atom is 0.275 e. The lowest BCUT2D eigenvalue weighted by Gasteiger charge is -2.34. The number of hydrogen-bond donors (Lipinski definition) is 1. The van der Waals surface area contributed by atoms with Crippen LogP contribution in [0.5, 0.6) is 0 Å². The molecule has 1 aromatic carbocycles. The van der Waals surface area contributed by atoms with Gasteiger partial charge in [0, 0.05) is 37.6 Å². The van der Waals surface area contributed by atoms with E-state index in [2.05, 4.69) is 10.4 Å². The smallest absolute Gasteiger partial charge is 0.275 e. The zero-order valence-corrected chi connectivity index (χ0v) is 15.7. The van der Waals surface area contributed by atoms with Gasteiger partial charge in [0.15, 0.2) is 5.69 Å². The van der Waals surface area contributed by atoms with Crippen LogP contribution in [0.2, 0.25) is 0 Å². The van der Waals surface area contributed by atoms with E-state index in [-0.39, 0.29) is 35.8 Å². The second-order valence-corrected chi connectivity index (χ2v) is 6.83. The molecule has 0 spiro atoms. The first-order chi connectivity index (χ1) is 11.5. The highest BCUT2D eigenvalue weighted by Gasteiger charge is 2.27. The van der Waals surface area contributed by atoms with E-state index in [0.29, 0.717) is 29.6 Å². The topological polar surface area (TPSA) is 67.2 Å². The van der Waals surface area contributed by atoms with E-state index in [1.54, 1.807) is 6.07 Å². The van der Waals surface area contributed by atoms with Gasteiger partial charge in [-0.25, -0.2) is 4.68 Å². The SMILES string of the molecule is CC(C)Cn1nc(C(=O)N2CCNC[C@H]2C)c2ccccc2c1=O.Cl. The number of aromatic nitrogens is 2. The molecule has 1 saturated heterocycles. The lowest BCUT2D eigenvalue weighted by Crippen LogP contribution is -2.52. The van der Waals surface area contributed by atoms with Gasteiger partial charge in [-0.3, -0.25) is 9.59 Å². The van der Waals surface area contributed by atoms with Crippen molar-refractivity contribution in [2.24, 2.45) is 5.92 Å². The van der Waals surface area contributed by atoms with Gasteiger partial charge in [0.1, 0.15) is 0 Å². The fraction of sp³-hybridized carbons (Fsp3) is 0.500. The van der Waals surface area contributed by atoms with Gasteiger partial charge in [-0.2, -0.15) is 5.10 Å². The van der Waals surface area contributed by atoms with E-state index in [9.17, 15) is 9.59 Å². The Labute approximate surface area is 153 Å². The van der Waals surface area contributed by atoms with Crippen LogP contribution in [-0.4, -0.2) is 46.3 Å². The summed E-state index contributed by atoms with van der Waals surface area (Å²) >= 11 is 0. The van der Waals surface area contributed by atoms with Gasteiger partial charge in [0.25, 0.3) is 11.5 Å². The predicted octanol–water partition coefficient (Wildman–Crippen LogP) is 1.91. The molecule has 3 rings (SSSR count). The second kappa shape index (κ2) is 7.97. The Bertz CT molecular complexity index is 818. The van der Waals surface area contributed by atoms with Crippen molar-refractivity contribution in [1.29, 1.82) is 0 Å². The highest BCUT2D eigenvalue weighted by atomic mass is 35.5. The molecule has 1 fully saturated rings. The number of carbonyl (C=O) groups excluding carboxylic acids is 1. The molecule has 7 heteroatoms. The summed E-state index contributed by atoms with van der Waals surface area (Å²) in [5.74, 6) is 0.176. The van der Waals surface area contributed by atoms with E-state index in [0.717, 1.165) is 13.1 Å². The minimum atomic E-state index is -0.135. The van der Waals surface area contributed by atoms with Crippen molar-refractivity contribution in [3.05, 3.63) is 40.3 Å². The first-order valence-corrected chi connectivity index (χ1v) is 8.50. The number of benzene rings is 1. The van der Waals surface area contributed by atoms with Crippen molar-refractivity contribution >= 4 is 29.1 Å². The summed E-state index contributed by atoms with van der Waals surface area (Å²) < 4.78 is 1.44. The molecule has 0 saturated carbocycles. The van der Waals surface area contributed by atoms with E-state index >= 15 is 0 Å². The van der Waals surface area contributed by atoms with Crippen LogP contribution in [0, 0.1) is 5.92 Å². The van der Waals surface area contributed by atoms with E-state index in [4.69, 9.17) is 0 Å². The fourth-order valence-corrected chi connectivity index (χ4v) is 3.14. The number of fused-ring (bicyclic) bond motifs is 1. The van der Waals surface area contributed by atoms with Crippen molar-refractivity contribution in [1.82, 2.24) is 20.0 Å². The van der Waals surface area contributed by atoms with Gasteiger partial charge in [0.05, 0.1) is 5.39 Å². The van der Waals surface area contributed by atoms with Crippen molar-refractivity contribution < 1.29 is 4.79 Å². The third-order valence-electron chi connectivity index (χ3n) is 4.37. The molecular weight excluding hydrogens is 340 g/mol. The van der Waals surface area contributed by atoms with Crippen molar-refractivity contribution in [3.8, 4) is 0 Å². The molecule has 1 amide bonds. The van der Waals surface area contributed by atoms with Gasteiger partial charge < -0.3 is 10.2 Å². The molecule has 25 heavy (non-hydrogen) atoms. The van der Waals surface area contributed by atoms with Crippen LogP contribution in [0.1, 0.15) is 31.3 Å². The lowest BCUT2D eigenvalue weighted by atomic mass is 10.1. The average Bonchev–Trinajstić information content (AvgIpc) is 2.57. The number of nitrogens with one attached hydrogen (secondary N) is 1. The van der Waals surface area contributed by atoms with Crippen LogP contribution in [0.3, 0.4) is 0 Å². The van der Waals surface area contributed by atoms with E-state index < -0.39 is 0 Å². The Kier molecular flexibility index (Phi) is 6.19. The standard InChI is InChI=1S/C18H24N4O2.ClH/c1-12(2)11-22-17(23)15-7-5-4-6-14(15)16(20-22)18(24)21-9-8-19-10-13(21)3;/h4-7,12-13,19H,8-11H2,1-3H3;1H/t13-;/m1./s1. The summed E-state index contributed by atoms with van der Waals surface area (Å²) in [4.78, 5) is 27.6. The van der Waals surface area contributed by atoms with E-state index in [1.165, 1.54) is 4.68 Å². The van der Waals surface area contributed by atoms with Crippen molar-refractivity contribution in [3.63, 3.8) is 0 Å². The first-order valence-electron chi connectivity index (χ1n) is 8.50. The van der Waals surface area contributed by atoms with Crippen molar-refractivity contribution in [2.45, 2.75) is 33.4 Å². The summed E-state index contributed by atoms with van der Waals surface area (Å²) in [6.07, 6.45) is 0. The number of halogens is 1. The van der Waals surface area contributed by atoms with Gasteiger partial charge >= 0.3 is 0 Å². The molecule has 1 aliphatic rings. The molecule has 0 radical (unpaired) electrons. The zero-order valence-electron chi connectivity index (χ0n) is 14.9. The largest absolute Gasteiger partial charge is 0.332 e. The van der Waals surface area contributed by atoms with E-state index in [1.807, 2.05) is 43.9 Å². The van der Waals surface area contributed by atoms with Crippen LogP contribution in [0.4, 0.5) is 0 Å². The minimum Gasteiger partial charge on any atom is -0.332 e. The van der Waals surface area contributed by atoms with Crippen LogP contribution in [0.25, 0.3) is 10.8 Å². The third-order valence-corrected chi connectivity index (χ3v) is 4.37. The number of piperazine rings is 1. The summed E-state index contributed by atoms with van der Waals surface area (Å²) in [6, 6.07) is 7.36. The van der Waals surface area contributed by atoms with Crippen LogP contribution in [0.15, 0.2) is 29.1 Å². The molecule has 2 heterocycles. The lowest BCUT2D eigenvalue weighted by molar-refractivity contribution is 0.0649. The molecule has 1 aromatic heterocycles. The molecule has 0 bridgehead atoms. The van der Waals surface area contributed by atoms with Crippen LogP contribution < -0.4 is 10.9 Å². The maximum atomic E-state index is 13.1. The van der Waals surface area contributed by atoms with Gasteiger partial charge in [-0.05, 0) is 18.9 Å². The Balaban J connectivity index is 0.00000225. The number of amides is 1. The number of carbonyl (C=O) groups is 1. The predicted molar refractivity (Wildman–Crippen MR) is 101 cm³/mol. The monoisotopic (exact) mass is 364 g/mol. The molecule has 1 N–H and O–H groups in total. The maximum absolute atomic E-state index is 13.1. The van der Waals surface area contributed by atoms with Gasteiger partial charge in [-0.15, -0.1) is 12.4 Å². The van der Waals surface area contributed by atoms with Gasteiger partial charge in [-0.1, -0.05) is 32.0 Å². The van der Waals surface area contributed by atoms with Crippen molar-refractivity contribution in [2.75, 3.05) is 19.6 Å². The highest BCUT2D eigenvalue weighted by Crippen LogP contribution is 2.17. The molecule has 0 aliphatic carbocycles. The number of hydrogen-bond acceptors (Lipinski definition) is 4. The third kappa shape index (κ3) is 3.85. The average molecular weight is 365 g/mol. The molecule has 6 nitrogen and oxygen atoms in total. The minimum absolute atomic E-state index is 0.